The molecule has 1 aromatic heterocycles. The van der Waals surface area contributed by atoms with E-state index in [0.717, 1.165) is 25.4 Å². The van der Waals surface area contributed by atoms with Crippen LogP contribution in [0.4, 0.5) is 0 Å². The van der Waals surface area contributed by atoms with Gasteiger partial charge in [-0.15, -0.1) is 11.3 Å². The van der Waals surface area contributed by atoms with Crippen molar-refractivity contribution in [3.63, 3.8) is 0 Å². The normalized spacial score (nSPS) is 14.8. The molecule has 1 heterocycles. The third kappa shape index (κ3) is 6.81. The van der Waals surface area contributed by atoms with Crippen LogP contribution in [0.15, 0.2) is 12.1 Å². The number of hydrogen-bond donors (Lipinski definition) is 2. The topological polar surface area (TPSA) is 38.0 Å². The fraction of sp³-hybridized carbons (Fsp3) is 0.714. The maximum Gasteiger partial charge on any atom is 0.0299 e. The number of nitrogens with one attached hydrogen (secondary N) is 1. The summed E-state index contributed by atoms with van der Waals surface area (Å²) < 4.78 is 0. The fourth-order valence-electron chi connectivity index (χ4n) is 1.91. The van der Waals surface area contributed by atoms with Crippen LogP contribution in [0.2, 0.25) is 0 Å². The Bertz CT molecular complexity index is 307. The minimum atomic E-state index is 0.351. The second kappa shape index (κ2) is 7.85. The van der Waals surface area contributed by atoms with Crippen molar-refractivity contribution < 1.29 is 0 Å². The van der Waals surface area contributed by atoms with Crippen LogP contribution in [0.25, 0.3) is 0 Å². The van der Waals surface area contributed by atoms with Gasteiger partial charge in [-0.1, -0.05) is 13.3 Å². The summed E-state index contributed by atoms with van der Waals surface area (Å²) in [6, 6.07) is 4.76. The predicted molar refractivity (Wildman–Crippen MR) is 77.4 cm³/mol. The molecule has 0 amide bonds. The van der Waals surface area contributed by atoms with E-state index in [0.29, 0.717) is 6.04 Å². The van der Waals surface area contributed by atoms with E-state index in [2.05, 4.69) is 38.2 Å². The highest BCUT2D eigenvalue weighted by Crippen LogP contribution is 2.15. The van der Waals surface area contributed by atoms with Crippen LogP contribution < -0.4 is 11.1 Å². The molecule has 17 heavy (non-hydrogen) atoms. The lowest BCUT2D eigenvalue weighted by molar-refractivity contribution is 0.449. The molecule has 98 valence electrons. The highest BCUT2D eigenvalue weighted by atomic mass is 32.1. The summed E-state index contributed by atoms with van der Waals surface area (Å²) in [6.07, 6.45) is 3.67. The zero-order valence-electron chi connectivity index (χ0n) is 11.3. The second-order valence-electron chi connectivity index (χ2n) is 5.16. The first-order valence-electron chi connectivity index (χ1n) is 6.59. The summed E-state index contributed by atoms with van der Waals surface area (Å²) in [5.41, 5.74) is 5.74. The van der Waals surface area contributed by atoms with Crippen molar-refractivity contribution >= 4 is 11.3 Å². The van der Waals surface area contributed by atoms with E-state index in [1.54, 1.807) is 0 Å². The van der Waals surface area contributed by atoms with E-state index >= 15 is 0 Å². The molecule has 2 nitrogen and oxygen atoms in total. The molecule has 0 aromatic carbocycles. The summed E-state index contributed by atoms with van der Waals surface area (Å²) in [6.45, 7) is 8.67. The Kier molecular flexibility index (Phi) is 6.78. The second-order valence-corrected chi connectivity index (χ2v) is 6.53. The van der Waals surface area contributed by atoms with Gasteiger partial charge in [-0.3, -0.25) is 0 Å². The van der Waals surface area contributed by atoms with Gasteiger partial charge in [-0.25, -0.2) is 0 Å². The summed E-state index contributed by atoms with van der Waals surface area (Å²) in [5, 5.41) is 3.53. The lowest BCUT2D eigenvalue weighted by Gasteiger charge is -2.12. The van der Waals surface area contributed by atoms with Crippen molar-refractivity contribution in [3.8, 4) is 0 Å². The first-order chi connectivity index (χ1) is 8.08. The smallest absolute Gasteiger partial charge is 0.0299 e. The van der Waals surface area contributed by atoms with E-state index in [-0.39, 0.29) is 0 Å². The summed E-state index contributed by atoms with van der Waals surface area (Å²) >= 11 is 1.88. The van der Waals surface area contributed by atoms with Gasteiger partial charge in [-0.05, 0) is 51.3 Å². The number of rotatable bonds is 8. The molecule has 0 saturated carbocycles. The lowest BCUT2D eigenvalue weighted by Crippen LogP contribution is -2.21. The highest BCUT2D eigenvalue weighted by molar-refractivity contribution is 7.11. The van der Waals surface area contributed by atoms with Gasteiger partial charge < -0.3 is 11.1 Å². The largest absolute Gasteiger partial charge is 0.328 e. The quantitative estimate of drug-likeness (QED) is 0.747. The Morgan fingerprint density at radius 3 is 2.65 bits per heavy atom. The van der Waals surface area contributed by atoms with Gasteiger partial charge >= 0.3 is 0 Å². The first kappa shape index (κ1) is 14.7. The van der Waals surface area contributed by atoms with Crippen LogP contribution in [0.1, 0.15) is 42.9 Å². The molecule has 0 saturated heterocycles. The summed E-state index contributed by atoms with van der Waals surface area (Å²) in [4.78, 5) is 2.83. The molecule has 0 aliphatic rings. The average molecular weight is 254 g/mol. The zero-order chi connectivity index (χ0) is 12.7. The number of thiophene rings is 1. The number of nitrogens with two attached hydrogens (primary N) is 1. The SMILES string of the molecule is Cc1ccc(CNCC(C)CCCC(C)N)s1. The maximum atomic E-state index is 5.74. The molecule has 3 N–H and O–H groups in total. The van der Waals surface area contributed by atoms with Gasteiger partial charge in [0.25, 0.3) is 0 Å². The monoisotopic (exact) mass is 254 g/mol. The third-order valence-electron chi connectivity index (χ3n) is 2.94. The van der Waals surface area contributed by atoms with Crippen LogP contribution in [0.5, 0.6) is 0 Å². The average Bonchev–Trinajstić information content (AvgIpc) is 2.63. The Balaban J connectivity index is 2.05. The van der Waals surface area contributed by atoms with E-state index < -0.39 is 0 Å². The van der Waals surface area contributed by atoms with Crippen molar-refractivity contribution in [2.45, 2.75) is 52.6 Å². The maximum absolute atomic E-state index is 5.74. The summed E-state index contributed by atoms with van der Waals surface area (Å²) in [7, 11) is 0. The van der Waals surface area contributed by atoms with Crippen molar-refractivity contribution in [3.05, 3.63) is 21.9 Å². The molecule has 1 aromatic rings. The third-order valence-corrected chi connectivity index (χ3v) is 3.95. The van der Waals surface area contributed by atoms with E-state index in [4.69, 9.17) is 5.73 Å². The Morgan fingerprint density at radius 1 is 1.29 bits per heavy atom. The van der Waals surface area contributed by atoms with E-state index in [9.17, 15) is 0 Å². The van der Waals surface area contributed by atoms with Gasteiger partial charge in [0.1, 0.15) is 0 Å². The predicted octanol–water partition coefficient (Wildman–Crippen LogP) is 3.30. The molecular formula is C14H26N2S. The van der Waals surface area contributed by atoms with Crippen molar-refractivity contribution in [2.75, 3.05) is 6.54 Å². The molecular weight excluding hydrogens is 228 g/mol. The molecule has 0 fully saturated rings. The highest BCUT2D eigenvalue weighted by Gasteiger charge is 2.03. The van der Waals surface area contributed by atoms with Crippen molar-refractivity contribution in [1.82, 2.24) is 5.32 Å². The standard InChI is InChI=1S/C14H26N2S/c1-11(5-4-6-12(2)15)9-16-10-14-8-7-13(3)17-14/h7-8,11-12,16H,4-6,9-10,15H2,1-3H3. The zero-order valence-corrected chi connectivity index (χ0v) is 12.1. The minimum absolute atomic E-state index is 0.351. The number of aryl methyl sites for hydroxylation is 1. The van der Waals surface area contributed by atoms with Gasteiger partial charge in [0.05, 0.1) is 0 Å². The van der Waals surface area contributed by atoms with Gasteiger partial charge in [0.15, 0.2) is 0 Å². The van der Waals surface area contributed by atoms with Crippen molar-refractivity contribution in [1.29, 1.82) is 0 Å². The molecule has 2 atom stereocenters. The molecule has 0 aliphatic heterocycles. The van der Waals surface area contributed by atoms with Gasteiger partial charge in [0.2, 0.25) is 0 Å². The van der Waals surface area contributed by atoms with E-state index in [1.807, 2.05) is 11.3 Å². The first-order valence-corrected chi connectivity index (χ1v) is 7.41. The Labute approximate surface area is 110 Å². The lowest BCUT2D eigenvalue weighted by atomic mass is 10.0. The van der Waals surface area contributed by atoms with E-state index in [1.165, 1.54) is 22.6 Å². The Morgan fingerprint density at radius 2 is 2.06 bits per heavy atom. The molecule has 3 heteroatoms. The molecule has 0 bridgehead atoms. The molecule has 0 radical (unpaired) electrons. The molecule has 0 spiro atoms. The molecule has 1 rings (SSSR count). The van der Waals surface area contributed by atoms with Gasteiger partial charge in [0, 0.05) is 22.3 Å². The van der Waals surface area contributed by atoms with Crippen LogP contribution in [-0.4, -0.2) is 12.6 Å². The molecule has 0 aliphatic carbocycles. The van der Waals surface area contributed by atoms with Crippen LogP contribution in [-0.2, 0) is 6.54 Å². The van der Waals surface area contributed by atoms with Crippen molar-refractivity contribution in [2.24, 2.45) is 11.7 Å². The summed E-state index contributed by atoms with van der Waals surface area (Å²) in [5.74, 6) is 0.745. The van der Waals surface area contributed by atoms with Crippen LogP contribution in [0, 0.1) is 12.8 Å². The van der Waals surface area contributed by atoms with Crippen LogP contribution in [0.3, 0.4) is 0 Å². The number of hydrogen-bond acceptors (Lipinski definition) is 3. The Hall–Kier alpha value is -0.380. The molecule has 2 unspecified atom stereocenters. The minimum Gasteiger partial charge on any atom is -0.328 e. The van der Waals surface area contributed by atoms with Gasteiger partial charge in [-0.2, -0.15) is 0 Å². The van der Waals surface area contributed by atoms with Crippen LogP contribution >= 0.6 is 11.3 Å². The fourth-order valence-corrected chi connectivity index (χ4v) is 2.77.